The summed E-state index contributed by atoms with van der Waals surface area (Å²) in [6.07, 6.45) is 1.02. The first-order valence-corrected chi connectivity index (χ1v) is 5.81. The molecule has 0 spiro atoms. The van der Waals surface area contributed by atoms with E-state index in [9.17, 15) is 14.7 Å². The van der Waals surface area contributed by atoms with Gasteiger partial charge in [-0.25, -0.2) is 4.79 Å². The molecule has 98 valence electrons. The van der Waals surface area contributed by atoms with Gasteiger partial charge in [-0.3, -0.25) is 4.79 Å². The van der Waals surface area contributed by atoms with Gasteiger partial charge in [0.15, 0.2) is 0 Å². The van der Waals surface area contributed by atoms with Crippen molar-refractivity contribution in [2.24, 2.45) is 0 Å². The van der Waals surface area contributed by atoms with E-state index in [1.807, 2.05) is 6.92 Å². The van der Waals surface area contributed by atoms with Crippen molar-refractivity contribution in [1.82, 2.24) is 5.32 Å². The molecule has 1 aromatic carbocycles. The van der Waals surface area contributed by atoms with Crippen LogP contribution in [0.5, 0.6) is 0 Å². The summed E-state index contributed by atoms with van der Waals surface area (Å²) in [6, 6.07) is 6.57. The van der Waals surface area contributed by atoms with Crippen LogP contribution in [0.15, 0.2) is 24.3 Å². The van der Waals surface area contributed by atoms with Gasteiger partial charge >= 0.3 is 5.97 Å². The lowest BCUT2D eigenvalue weighted by Crippen LogP contribution is -2.52. The Labute approximate surface area is 106 Å². The first kappa shape index (κ1) is 14.0. The molecule has 0 heterocycles. The van der Waals surface area contributed by atoms with Crippen molar-refractivity contribution in [3.63, 3.8) is 0 Å². The molecule has 1 atom stereocenters. The first-order chi connectivity index (χ1) is 8.40. The normalized spacial score (nSPS) is 13.7. The minimum atomic E-state index is -1.27. The lowest BCUT2D eigenvalue weighted by Gasteiger charge is -2.26. The highest BCUT2D eigenvalue weighted by Gasteiger charge is 2.34. The topological polar surface area (TPSA) is 92.4 Å². The van der Waals surface area contributed by atoms with Crippen LogP contribution >= 0.6 is 0 Å². The van der Waals surface area contributed by atoms with Crippen LogP contribution < -0.4 is 11.1 Å². The van der Waals surface area contributed by atoms with Crippen molar-refractivity contribution < 1.29 is 14.7 Å². The maximum Gasteiger partial charge on any atom is 0.329 e. The SMILES string of the molecule is CCCC(C)(NC(=O)c1ccccc1N)C(=O)O. The van der Waals surface area contributed by atoms with E-state index in [0.29, 0.717) is 24.1 Å². The number of aliphatic carboxylic acids is 1. The van der Waals surface area contributed by atoms with Crippen LogP contribution in [-0.4, -0.2) is 22.5 Å². The molecule has 0 aliphatic rings. The van der Waals surface area contributed by atoms with Crippen LogP contribution in [0.25, 0.3) is 0 Å². The fourth-order valence-corrected chi connectivity index (χ4v) is 1.74. The van der Waals surface area contributed by atoms with Crippen molar-refractivity contribution in [1.29, 1.82) is 0 Å². The van der Waals surface area contributed by atoms with Crippen molar-refractivity contribution >= 4 is 17.6 Å². The fraction of sp³-hybridized carbons (Fsp3) is 0.385. The summed E-state index contributed by atoms with van der Waals surface area (Å²) in [5, 5.41) is 11.7. The van der Waals surface area contributed by atoms with Gasteiger partial charge in [-0.15, -0.1) is 0 Å². The zero-order valence-electron chi connectivity index (χ0n) is 10.6. The monoisotopic (exact) mass is 250 g/mol. The number of hydrogen-bond acceptors (Lipinski definition) is 3. The highest BCUT2D eigenvalue weighted by molar-refractivity contribution is 6.01. The zero-order valence-corrected chi connectivity index (χ0v) is 10.6. The zero-order chi connectivity index (χ0) is 13.8. The number of carbonyl (C=O) groups is 2. The number of rotatable bonds is 5. The standard InChI is InChI=1S/C13H18N2O3/c1-3-8-13(2,12(17)18)15-11(16)9-6-4-5-7-10(9)14/h4-7H,3,8,14H2,1-2H3,(H,15,16)(H,17,18). The number of nitrogens with one attached hydrogen (secondary N) is 1. The Morgan fingerprint density at radius 3 is 2.50 bits per heavy atom. The molecule has 5 nitrogen and oxygen atoms in total. The molecule has 4 N–H and O–H groups in total. The predicted molar refractivity (Wildman–Crippen MR) is 69.3 cm³/mol. The average Bonchev–Trinajstić information content (AvgIpc) is 2.29. The fourth-order valence-electron chi connectivity index (χ4n) is 1.74. The third-order valence-electron chi connectivity index (χ3n) is 2.82. The molecule has 0 aliphatic carbocycles. The second-order valence-electron chi connectivity index (χ2n) is 4.43. The molecule has 18 heavy (non-hydrogen) atoms. The highest BCUT2D eigenvalue weighted by atomic mass is 16.4. The molecule has 0 saturated carbocycles. The van der Waals surface area contributed by atoms with Gasteiger partial charge in [-0.05, 0) is 25.5 Å². The van der Waals surface area contributed by atoms with Crippen LogP contribution in [-0.2, 0) is 4.79 Å². The van der Waals surface area contributed by atoms with E-state index in [1.54, 1.807) is 24.3 Å². The number of amides is 1. The van der Waals surface area contributed by atoms with Crippen LogP contribution in [0.1, 0.15) is 37.0 Å². The van der Waals surface area contributed by atoms with Gasteiger partial charge in [0.25, 0.3) is 5.91 Å². The van der Waals surface area contributed by atoms with Crippen LogP contribution in [0, 0.1) is 0 Å². The van der Waals surface area contributed by atoms with Gasteiger partial charge in [0.1, 0.15) is 5.54 Å². The summed E-state index contributed by atoms with van der Waals surface area (Å²) in [5.41, 5.74) is 5.04. The van der Waals surface area contributed by atoms with Gasteiger partial charge in [-0.2, -0.15) is 0 Å². The van der Waals surface area contributed by atoms with Crippen molar-refractivity contribution in [3.05, 3.63) is 29.8 Å². The summed E-state index contributed by atoms with van der Waals surface area (Å²) in [5.74, 6) is -1.52. The van der Waals surface area contributed by atoms with Gasteiger partial charge < -0.3 is 16.2 Å². The molecule has 1 rings (SSSR count). The number of anilines is 1. The molecule has 1 amide bonds. The molecule has 0 aromatic heterocycles. The highest BCUT2D eigenvalue weighted by Crippen LogP contribution is 2.16. The van der Waals surface area contributed by atoms with E-state index in [4.69, 9.17) is 5.73 Å². The molecular weight excluding hydrogens is 232 g/mol. The largest absolute Gasteiger partial charge is 0.480 e. The Morgan fingerprint density at radius 1 is 1.39 bits per heavy atom. The second kappa shape index (κ2) is 5.53. The Balaban J connectivity index is 2.93. The number of hydrogen-bond donors (Lipinski definition) is 3. The molecule has 0 bridgehead atoms. The minimum absolute atomic E-state index is 0.293. The van der Waals surface area contributed by atoms with Crippen LogP contribution in [0.2, 0.25) is 0 Å². The quantitative estimate of drug-likeness (QED) is 0.693. The predicted octanol–water partition coefficient (Wildman–Crippen LogP) is 1.64. The molecule has 5 heteroatoms. The van der Waals surface area contributed by atoms with Gasteiger partial charge in [-0.1, -0.05) is 25.5 Å². The number of nitrogen functional groups attached to an aromatic ring is 1. The summed E-state index contributed by atoms with van der Waals surface area (Å²) in [4.78, 5) is 23.2. The lowest BCUT2D eigenvalue weighted by atomic mass is 9.95. The summed E-state index contributed by atoms with van der Waals surface area (Å²) in [7, 11) is 0. The Hall–Kier alpha value is -2.04. The number of para-hydroxylation sites is 1. The van der Waals surface area contributed by atoms with E-state index >= 15 is 0 Å². The summed E-state index contributed by atoms with van der Waals surface area (Å²) >= 11 is 0. The molecule has 0 fully saturated rings. The molecular formula is C13H18N2O3. The average molecular weight is 250 g/mol. The third kappa shape index (κ3) is 3.00. The number of carboxylic acids is 1. The van der Waals surface area contributed by atoms with E-state index < -0.39 is 17.4 Å². The first-order valence-electron chi connectivity index (χ1n) is 5.81. The summed E-state index contributed by atoms with van der Waals surface area (Å²) < 4.78 is 0. The molecule has 1 aromatic rings. The third-order valence-corrected chi connectivity index (χ3v) is 2.82. The summed E-state index contributed by atoms with van der Waals surface area (Å²) in [6.45, 7) is 3.36. The Morgan fingerprint density at radius 2 is 2.00 bits per heavy atom. The van der Waals surface area contributed by atoms with Gasteiger partial charge in [0.05, 0.1) is 5.56 Å². The maximum atomic E-state index is 12.0. The number of nitrogens with two attached hydrogens (primary N) is 1. The minimum Gasteiger partial charge on any atom is -0.480 e. The molecule has 0 saturated heterocycles. The number of carbonyl (C=O) groups excluding carboxylic acids is 1. The maximum absolute atomic E-state index is 12.0. The van der Waals surface area contributed by atoms with Gasteiger partial charge in [0.2, 0.25) is 0 Å². The Bertz CT molecular complexity index is 459. The van der Waals surface area contributed by atoms with E-state index in [2.05, 4.69) is 5.32 Å². The van der Waals surface area contributed by atoms with Crippen molar-refractivity contribution in [2.45, 2.75) is 32.2 Å². The smallest absolute Gasteiger partial charge is 0.329 e. The van der Waals surface area contributed by atoms with Crippen molar-refractivity contribution in [3.8, 4) is 0 Å². The molecule has 0 radical (unpaired) electrons. The van der Waals surface area contributed by atoms with E-state index in [-0.39, 0.29) is 0 Å². The van der Waals surface area contributed by atoms with Crippen LogP contribution in [0.4, 0.5) is 5.69 Å². The van der Waals surface area contributed by atoms with E-state index in [0.717, 1.165) is 0 Å². The molecule has 0 aliphatic heterocycles. The van der Waals surface area contributed by atoms with Gasteiger partial charge in [0, 0.05) is 5.69 Å². The van der Waals surface area contributed by atoms with E-state index in [1.165, 1.54) is 6.92 Å². The van der Waals surface area contributed by atoms with Crippen LogP contribution in [0.3, 0.4) is 0 Å². The lowest BCUT2D eigenvalue weighted by molar-refractivity contribution is -0.144. The Kier molecular flexibility index (Phi) is 4.31. The van der Waals surface area contributed by atoms with Crippen molar-refractivity contribution in [2.75, 3.05) is 5.73 Å². The second-order valence-corrected chi connectivity index (χ2v) is 4.43. The number of carboxylic acid groups (broad SMARTS) is 1. The number of benzene rings is 1. The molecule has 1 unspecified atom stereocenters.